The Morgan fingerprint density at radius 3 is 2.29 bits per heavy atom. The highest BCUT2D eigenvalue weighted by molar-refractivity contribution is 6.30. The Labute approximate surface area is 101 Å². The molecule has 0 radical (unpaired) electrons. The number of Topliss-reactive ketones (excluding diaryl/α,β-unsaturated/α-hetero) is 1. The molecule has 0 amide bonds. The number of alkyl halides is 4. The number of carbonyl (C=O) groups is 1. The molecule has 94 valence electrons. The molecule has 0 spiro atoms. The second-order valence-electron chi connectivity index (χ2n) is 3.47. The first kappa shape index (κ1) is 13.8. The molecule has 0 bridgehead atoms. The van der Waals surface area contributed by atoms with Crippen molar-refractivity contribution < 1.29 is 22.7 Å². The third kappa shape index (κ3) is 5.08. The van der Waals surface area contributed by atoms with E-state index in [-0.39, 0.29) is 18.0 Å². The second kappa shape index (κ2) is 5.40. The van der Waals surface area contributed by atoms with Gasteiger partial charge in [-0.15, -0.1) is 24.8 Å². The standard InChI is InChI=1S/C11H10ClF3O2/c1-7(16)10(12)6-8-2-4-9(5-3-8)17-11(13,14)15/h2-5,10H,6H2,1H3. The highest BCUT2D eigenvalue weighted by Crippen LogP contribution is 2.23. The summed E-state index contributed by atoms with van der Waals surface area (Å²) in [6.07, 6.45) is -4.42. The predicted octanol–water partition coefficient (Wildman–Crippen LogP) is 3.32. The molecule has 1 unspecified atom stereocenters. The molecule has 1 rings (SSSR count). The predicted molar refractivity (Wildman–Crippen MR) is 57.2 cm³/mol. The van der Waals surface area contributed by atoms with Crippen LogP contribution in [-0.4, -0.2) is 17.5 Å². The van der Waals surface area contributed by atoms with Crippen molar-refractivity contribution in [1.82, 2.24) is 0 Å². The monoisotopic (exact) mass is 266 g/mol. The van der Waals surface area contributed by atoms with Gasteiger partial charge in [-0.25, -0.2) is 0 Å². The number of ether oxygens (including phenoxy) is 1. The first-order valence-corrected chi connectivity index (χ1v) is 5.21. The molecule has 0 aromatic heterocycles. The third-order valence-electron chi connectivity index (χ3n) is 2.01. The molecule has 1 atom stereocenters. The van der Waals surface area contributed by atoms with Crippen LogP contribution in [-0.2, 0) is 11.2 Å². The van der Waals surface area contributed by atoms with E-state index in [9.17, 15) is 18.0 Å². The lowest BCUT2D eigenvalue weighted by molar-refractivity contribution is -0.274. The van der Waals surface area contributed by atoms with Crippen LogP contribution in [0.2, 0.25) is 0 Å². The fourth-order valence-corrected chi connectivity index (χ4v) is 1.36. The Hall–Kier alpha value is -1.23. The summed E-state index contributed by atoms with van der Waals surface area (Å²) in [4.78, 5) is 10.9. The largest absolute Gasteiger partial charge is 0.573 e. The van der Waals surface area contributed by atoms with Crippen molar-refractivity contribution >= 4 is 17.4 Å². The summed E-state index contributed by atoms with van der Waals surface area (Å²) >= 11 is 5.74. The average Bonchev–Trinajstić information content (AvgIpc) is 2.18. The molecule has 0 aliphatic rings. The van der Waals surface area contributed by atoms with Gasteiger partial charge in [0.05, 0.1) is 5.38 Å². The Kier molecular flexibility index (Phi) is 4.40. The van der Waals surface area contributed by atoms with Crippen molar-refractivity contribution in [2.24, 2.45) is 0 Å². The van der Waals surface area contributed by atoms with Gasteiger partial charge in [-0.05, 0) is 31.0 Å². The summed E-state index contributed by atoms with van der Waals surface area (Å²) in [5.41, 5.74) is 0.676. The number of hydrogen-bond donors (Lipinski definition) is 0. The zero-order valence-electron chi connectivity index (χ0n) is 8.92. The van der Waals surface area contributed by atoms with E-state index in [0.717, 1.165) is 0 Å². The molecule has 2 nitrogen and oxygen atoms in total. The molecule has 17 heavy (non-hydrogen) atoms. The van der Waals surface area contributed by atoms with Gasteiger partial charge in [-0.1, -0.05) is 12.1 Å². The number of ketones is 1. The summed E-state index contributed by atoms with van der Waals surface area (Å²) in [6.45, 7) is 1.36. The minimum Gasteiger partial charge on any atom is -0.406 e. The van der Waals surface area contributed by atoms with Crippen molar-refractivity contribution in [3.05, 3.63) is 29.8 Å². The van der Waals surface area contributed by atoms with E-state index in [4.69, 9.17) is 11.6 Å². The number of carbonyl (C=O) groups excluding carboxylic acids is 1. The van der Waals surface area contributed by atoms with Gasteiger partial charge in [0, 0.05) is 0 Å². The summed E-state index contributed by atoms with van der Waals surface area (Å²) in [6, 6.07) is 5.26. The summed E-state index contributed by atoms with van der Waals surface area (Å²) in [5, 5.41) is -0.663. The second-order valence-corrected chi connectivity index (χ2v) is 4.00. The van der Waals surface area contributed by atoms with Crippen molar-refractivity contribution in [2.45, 2.75) is 25.1 Å². The van der Waals surface area contributed by atoms with E-state index in [1.165, 1.54) is 31.2 Å². The van der Waals surface area contributed by atoms with Crippen LogP contribution in [0.5, 0.6) is 5.75 Å². The quantitative estimate of drug-likeness (QED) is 0.782. The number of benzene rings is 1. The van der Waals surface area contributed by atoms with Crippen molar-refractivity contribution in [1.29, 1.82) is 0 Å². The zero-order chi connectivity index (χ0) is 13.1. The lowest BCUT2D eigenvalue weighted by Gasteiger charge is -2.10. The topological polar surface area (TPSA) is 26.3 Å². The summed E-state index contributed by atoms with van der Waals surface area (Å²) < 4.78 is 39.3. The molecule has 0 fully saturated rings. The third-order valence-corrected chi connectivity index (χ3v) is 2.47. The van der Waals surface area contributed by atoms with Gasteiger partial charge in [-0.2, -0.15) is 0 Å². The maximum atomic E-state index is 11.9. The molecule has 0 heterocycles. The molecule has 0 aliphatic heterocycles. The van der Waals surface area contributed by atoms with Crippen LogP contribution < -0.4 is 4.74 Å². The van der Waals surface area contributed by atoms with Crippen LogP contribution in [0.3, 0.4) is 0 Å². The summed E-state index contributed by atoms with van der Waals surface area (Å²) in [5.74, 6) is -0.475. The van der Waals surface area contributed by atoms with E-state index < -0.39 is 11.7 Å². The Balaban J connectivity index is 2.65. The van der Waals surface area contributed by atoms with Crippen LogP contribution >= 0.6 is 11.6 Å². The lowest BCUT2D eigenvalue weighted by atomic mass is 10.1. The first-order chi connectivity index (χ1) is 7.78. The van der Waals surface area contributed by atoms with E-state index >= 15 is 0 Å². The van der Waals surface area contributed by atoms with Gasteiger partial charge in [0.1, 0.15) is 11.5 Å². The maximum Gasteiger partial charge on any atom is 0.573 e. The van der Waals surface area contributed by atoms with Crippen LogP contribution in [0.25, 0.3) is 0 Å². The van der Waals surface area contributed by atoms with Crippen molar-refractivity contribution in [3.63, 3.8) is 0 Å². The maximum absolute atomic E-state index is 11.9. The minimum absolute atomic E-state index is 0.178. The van der Waals surface area contributed by atoms with E-state index in [0.29, 0.717) is 5.56 Å². The molecule has 1 aromatic carbocycles. The number of hydrogen-bond acceptors (Lipinski definition) is 2. The van der Waals surface area contributed by atoms with Crippen molar-refractivity contribution in [3.8, 4) is 5.75 Å². The Morgan fingerprint density at radius 2 is 1.88 bits per heavy atom. The molecule has 6 heteroatoms. The SMILES string of the molecule is CC(=O)C(Cl)Cc1ccc(OC(F)(F)F)cc1. The van der Waals surface area contributed by atoms with Crippen molar-refractivity contribution in [2.75, 3.05) is 0 Å². The molecular weight excluding hydrogens is 257 g/mol. The molecule has 0 saturated carbocycles. The lowest BCUT2D eigenvalue weighted by Crippen LogP contribution is -2.17. The Bertz CT molecular complexity index is 387. The Morgan fingerprint density at radius 1 is 1.35 bits per heavy atom. The number of halogens is 4. The number of rotatable bonds is 4. The van der Waals surface area contributed by atoms with Crippen LogP contribution in [0.4, 0.5) is 13.2 Å². The van der Waals surface area contributed by atoms with E-state index in [2.05, 4.69) is 4.74 Å². The van der Waals surface area contributed by atoms with Crippen LogP contribution in [0, 0.1) is 0 Å². The van der Waals surface area contributed by atoms with Gasteiger partial charge in [-0.3, -0.25) is 4.79 Å². The van der Waals surface area contributed by atoms with Gasteiger partial charge in [0.15, 0.2) is 0 Å². The van der Waals surface area contributed by atoms with Gasteiger partial charge < -0.3 is 4.74 Å². The molecule has 0 saturated heterocycles. The fraction of sp³-hybridized carbons (Fsp3) is 0.364. The molecule has 1 aromatic rings. The van der Waals surface area contributed by atoms with Gasteiger partial charge >= 0.3 is 6.36 Å². The minimum atomic E-state index is -4.70. The average molecular weight is 267 g/mol. The molecular formula is C11H10ClF3O2. The highest BCUT2D eigenvalue weighted by atomic mass is 35.5. The van der Waals surface area contributed by atoms with E-state index in [1.54, 1.807) is 0 Å². The zero-order valence-corrected chi connectivity index (χ0v) is 9.68. The normalized spacial score (nSPS) is 13.2. The van der Waals surface area contributed by atoms with Crippen LogP contribution in [0.1, 0.15) is 12.5 Å². The smallest absolute Gasteiger partial charge is 0.406 e. The highest BCUT2D eigenvalue weighted by Gasteiger charge is 2.30. The van der Waals surface area contributed by atoms with E-state index in [1.807, 2.05) is 0 Å². The molecule has 0 N–H and O–H groups in total. The van der Waals surface area contributed by atoms with Gasteiger partial charge in [0.25, 0.3) is 0 Å². The van der Waals surface area contributed by atoms with Crippen LogP contribution in [0.15, 0.2) is 24.3 Å². The first-order valence-electron chi connectivity index (χ1n) is 4.77. The summed E-state index contributed by atoms with van der Waals surface area (Å²) in [7, 11) is 0. The fourth-order valence-electron chi connectivity index (χ4n) is 1.18. The molecule has 0 aliphatic carbocycles. The van der Waals surface area contributed by atoms with Gasteiger partial charge in [0.2, 0.25) is 0 Å².